The number of aliphatic imine (C=N–C) groups is 1. The maximum atomic E-state index is 8.72. The topological polar surface area (TPSA) is 65.5 Å². The normalized spacial score (nSPS) is 11.4. The average molecular weight is 321 g/mol. The lowest BCUT2D eigenvalue weighted by molar-refractivity contribution is 1.16. The quantitative estimate of drug-likeness (QED) is 0.338. The number of aromatic nitrogens is 2. The van der Waals surface area contributed by atoms with Gasteiger partial charge < -0.3 is 4.40 Å². The van der Waals surface area contributed by atoms with E-state index >= 15 is 0 Å². The van der Waals surface area contributed by atoms with Gasteiger partial charge in [-0.2, -0.15) is 5.26 Å². The molecule has 1 aromatic carbocycles. The van der Waals surface area contributed by atoms with Crippen LogP contribution in [0.5, 0.6) is 0 Å². The van der Waals surface area contributed by atoms with Crippen LogP contribution in [0.15, 0.2) is 53.8 Å². The zero-order chi connectivity index (χ0) is 16.2. The molecule has 0 aliphatic heterocycles. The molecule has 114 valence electrons. The highest BCUT2D eigenvalue weighted by Crippen LogP contribution is 2.25. The van der Waals surface area contributed by atoms with Gasteiger partial charge in [0.2, 0.25) is 0 Å². The van der Waals surface area contributed by atoms with Gasteiger partial charge in [-0.1, -0.05) is 30.0 Å². The summed E-state index contributed by atoms with van der Waals surface area (Å²) in [6.45, 7) is 2.05. The zero-order valence-electron chi connectivity index (χ0n) is 12.8. The summed E-state index contributed by atoms with van der Waals surface area (Å²) in [7, 11) is 0. The van der Waals surface area contributed by atoms with Crippen LogP contribution >= 0.6 is 11.8 Å². The Labute approximate surface area is 138 Å². The van der Waals surface area contributed by atoms with E-state index in [-0.39, 0.29) is 0 Å². The van der Waals surface area contributed by atoms with Crippen molar-refractivity contribution in [3.63, 3.8) is 0 Å². The van der Waals surface area contributed by atoms with Crippen molar-refractivity contribution in [2.24, 2.45) is 4.99 Å². The smallest absolute Gasteiger partial charge is 0.183 e. The zero-order valence-corrected chi connectivity index (χ0v) is 13.6. The number of rotatable bonds is 2. The highest BCUT2D eigenvalue weighted by molar-refractivity contribution is 8.13. The minimum Gasteiger partial charge on any atom is -0.306 e. The molecular formula is C17H15N5S. The fourth-order valence-corrected chi connectivity index (χ4v) is 2.66. The summed E-state index contributed by atoms with van der Waals surface area (Å²) in [5.41, 5.74) is 4.76. The van der Waals surface area contributed by atoms with Crippen molar-refractivity contribution in [1.29, 1.82) is 5.26 Å². The molecule has 0 aliphatic rings. The first-order chi connectivity index (χ1) is 11.2. The van der Waals surface area contributed by atoms with Gasteiger partial charge in [0.05, 0.1) is 11.4 Å². The van der Waals surface area contributed by atoms with Crippen molar-refractivity contribution in [3.05, 3.63) is 54.4 Å². The van der Waals surface area contributed by atoms with E-state index in [1.807, 2.05) is 72.6 Å². The van der Waals surface area contributed by atoms with Crippen LogP contribution in [0.4, 0.5) is 5.69 Å². The number of aryl methyl sites for hydroxylation is 1. The lowest BCUT2D eigenvalue weighted by atomic mass is 10.1. The van der Waals surface area contributed by atoms with Gasteiger partial charge in [-0.3, -0.25) is 5.32 Å². The molecule has 3 rings (SSSR count). The predicted molar refractivity (Wildman–Crippen MR) is 94.7 cm³/mol. The van der Waals surface area contributed by atoms with E-state index in [2.05, 4.69) is 10.3 Å². The molecule has 2 heterocycles. The lowest BCUT2D eigenvalue weighted by Crippen LogP contribution is -2.12. The molecule has 0 unspecified atom stereocenters. The Balaban J connectivity index is 2.01. The summed E-state index contributed by atoms with van der Waals surface area (Å²) in [4.78, 5) is 9.14. The Morgan fingerprint density at radius 2 is 2.22 bits per heavy atom. The number of pyridine rings is 1. The minimum absolute atomic E-state index is 0.565. The molecule has 0 spiro atoms. The molecule has 0 radical (unpaired) electrons. The van der Waals surface area contributed by atoms with Gasteiger partial charge in [0, 0.05) is 18.0 Å². The maximum absolute atomic E-state index is 8.72. The van der Waals surface area contributed by atoms with E-state index in [4.69, 9.17) is 10.2 Å². The van der Waals surface area contributed by atoms with Gasteiger partial charge in [0.25, 0.3) is 0 Å². The van der Waals surface area contributed by atoms with Crippen molar-refractivity contribution >= 4 is 28.3 Å². The van der Waals surface area contributed by atoms with Gasteiger partial charge >= 0.3 is 0 Å². The van der Waals surface area contributed by atoms with Crippen LogP contribution in [0, 0.1) is 18.4 Å². The Hall–Kier alpha value is -2.78. The number of hydrogen-bond acceptors (Lipinski definition) is 4. The molecular weight excluding hydrogens is 306 g/mol. The second kappa shape index (κ2) is 6.55. The number of nitriles is 1. The van der Waals surface area contributed by atoms with Crippen LogP contribution in [0.1, 0.15) is 5.56 Å². The Morgan fingerprint density at radius 1 is 1.35 bits per heavy atom. The van der Waals surface area contributed by atoms with E-state index in [1.54, 1.807) is 0 Å². The highest BCUT2D eigenvalue weighted by Gasteiger charge is 2.07. The van der Waals surface area contributed by atoms with Gasteiger partial charge in [-0.15, -0.1) is 0 Å². The molecule has 3 aromatic rings. The van der Waals surface area contributed by atoms with Crippen molar-refractivity contribution in [2.45, 2.75) is 6.92 Å². The number of hydrogen-bond donors (Lipinski definition) is 1. The van der Waals surface area contributed by atoms with E-state index in [1.165, 1.54) is 11.8 Å². The number of fused-ring (bicyclic) bond motifs is 1. The molecule has 1 N–H and O–H groups in total. The first-order valence-corrected chi connectivity index (χ1v) is 8.26. The highest BCUT2D eigenvalue weighted by atomic mass is 32.2. The predicted octanol–water partition coefficient (Wildman–Crippen LogP) is 3.73. The second-order valence-corrected chi connectivity index (χ2v) is 5.75. The second-order valence-electron chi connectivity index (χ2n) is 4.96. The number of imidazole rings is 1. The number of nitrogens with zero attached hydrogens (tertiary/aromatic N) is 4. The molecule has 0 bridgehead atoms. The summed E-state index contributed by atoms with van der Waals surface area (Å²) < 4.78 is 2.02. The third kappa shape index (κ3) is 3.20. The summed E-state index contributed by atoms with van der Waals surface area (Å²) >= 11 is 1.39. The van der Waals surface area contributed by atoms with Gasteiger partial charge in [0.1, 0.15) is 5.65 Å². The Morgan fingerprint density at radius 3 is 2.96 bits per heavy atom. The molecule has 0 saturated carbocycles. The molecule has 6 heteroatoms. The summed E-state index contributed by atoms with van der Waals surface area (Å²) in [6.07, 6.45) is 7.76. The number of thioether (sulfide) groups is 1. The molecule has 5 nitrogen and oxygen atoms in total. The summed E-state index contributed by atoms with van der Waals surface area (Å²) in [6, 6.07) is 11.9. The van der Waals surface area contributed by atoms with Crippen molar-refractivity contribution in [3.8, 4) is 17.5 Å². The molecule has 0 aliphatic carbocycles. The SMILES string of the molecule is CSC(=Nc1cccc(-c2cn3cccc(C)c3n2)c1)NC#N. The van der Waals surface area contributed by atoms with Gasteiger partial charge in [-0.05, 0) is 36.9 Å². The number of benzene rings is 1. The maximum Gasteiger partial charge on any atom is 0.183 e. The molecule has 0 amide bonds. The molecule has 2 aromatic heterocycles. The lowest BCUT2D eigenvalue weighted by Gasteiger charge is -2.01. The first-order valence-electron chi connectivity index (χ1n) is 7.04. The molecule has 0 saturated heterocycles. The summed E-state index contributed by atoms with van der Waals surface area (Å²) in [5.74, 6) is 0. The monoisotopic (exact) mass is 321 g/mol. The van der Waals surface area contributed by atoms with E-state index < -0.39 is 0 Å². The third-order valence-electron chi connectivity index (χ3n) is 3.41. The first kappa shape index (κ1) is 15.1. The standard InChI is InChI=1S/C17H15N5S/c1-12-5-4-8-22-10-15(21-16(12)22)13-6-3-7-14(9-13)20-17(23-2)19-11-18/h3-10H,1-2H3,(H,19,20). The van der Waals surface area contributed by atoms with E-state index in [9.17, 15) is 0 Å². The number of amidine groups is 1. The van der Waals surface area contributed by atoms with Crippen LogP contribution in [-0.4, -0.2) is 20.8 Å². The Bertz CT molecular complexity index is 920. The van der Waals surface area contributed by atoms with Crippen molar-refractivity contribution in [1.82, 2.24) is 14.7 Å². The minimum atomic E-state index is 0.565. The summed E-state index contributed by atoms with van der Waals surface area (Å²) in [5, 5.41) is 11.8. The van der Waals surface area contributed by atoms with Gasteiger partial charge in [0.15, 0.2) is 11.4 Å². The van der Waals surface area contributed by atoms with Crippen molar-refractivity contribution in [2.75, 3.05) is 6.26 Å². The van der Waals surface area contributed by atoms with Crippen LogP contribution in [0.3, 0.4) is 0 Å². The van der Waals surface area contributed by atoms with Crippen LogP contribution in [0.25, 0.3) is 16.9 Å². The third-order valence-corrected chi connectivity index (χ3v) is 3.99. The fourth-order valence-electron chi connectivity index (χ4n) is 2.32. The van der Waals surface area contributed by atoms with Gasteiger partial charge in [-0.25, -0.2) is 9.98 Å². The molecule has 0 fully saturated rings. The van der Waals surface area contributed by atoms with E-state index in [0.29, 0.717) is 5.17 Å². The largest absolute Gasteiger partial charge is 0.306 e. The molecule has 23 heavy (non-hydrogen) atoms. The van der Waals surface area contributed by atoms with Crippen LogP contribution < -0.4 is 5.32 Å². The van der Waals surface area contributed by atoms with Crippen molar-refractivity contribution < 1.29 is 0 Å². The Kier molecular flexibility index (Phi) is 4.31. The average Bonchev–Trinajstić information content (AvgIpc) is 3.00. The number of nitrogens with one attached hydrogen (secondary N) is 1. The fraction of sp³-hybridized carbons (Fsp3) is 0.118. The molecule has 0 atom stereocenters. The van der Waals surface area contributed by atoms with E-state index in [0.717, 1.165) is 28.2 Å². The van der Waals surface area contributed by atoms with Crippen LogP contribution in [-0.2, 0) is 0 Å². The van der Waals surface area contributed by atoms with Crippen LogP contribution in [0.2, 0.25) is 0 Å².